The molecule has 0 radical (unpaired) electrons. The molecular weight excluding hydrogens is 240 g/mol. The number of fused-ring (bicyclic) bond motifs is 1. The molecule has 0 aliphatic carbocycles. The molecule has 6 heteroatoms. The maximum atomic E-state index is 4.44. The summed E-state index contributed by atoms with van der Waals surface area (Å²) < 4.78 is 1.81. The Kier molecular flexibility index (Phi) is 3.10. The highest BCUT2D eigenvalue weighted by Crippen LogP contribution is 2.20. The van der Waals surface area contributed by atoms with Crippen LogP contribution in [0, 0.1) is 13.8 Å². The van der Waals surface area contributed by atoms with Gasteiger partial charge in [0.25, 0.3) is 0 Å². The second kappa shape index (κ2) is 4.77. The molecule has 0 atom stereocenters. The van der Waals surface area contributed by atoms with Gasteiger partial charge in [-0.1, -0.05) is 0 Å². The number of hydrogen-bond donors (Lipinski definition) is 1. The molecule has 0 amide bonds. The zero-order valence-electron chi connectivity index (χ0n) is 11.7. The number of nitrogens with zero attached hydrogens (tertiary/aromatic N) is 5. The van der Waals surface area contributed by atoms with Crippen LogP contribution in [-0.2, 0) is 0 Å². The zero-order valence-corrected chi connectivity index (χ0v) is 11.7. The predicted octanol–water partition coefficient (Wildman–Crippen LogP) is 1.25. The highest BCUT2D eigenvalue weighted by atomic mass is 15.4. The summed E-state index contributed by atoms with van der Waals surface area (Å²) in [5, 5.41) is 16.4. The van der Waals surface area contributed by atoms with E-state index in [1.54, 1.807) is 0 Å². The highest BCUT2D eigenvalue weighted by molar-refractivity contribution is 5.67. The van der Waals surface area contributed by atoms with Crippen LogP contribution in [0.4, 0.5) is 5.69 Å². The topological polar surface area (TPSA) is 58.3 Å². The summed E-state index contributed by atoms with van der Waals surface area (Å²) in [6.45, 7) is 6.21. The zero-order chi connectivity index (χ0) is 13.4. The Bertz CT molecular complexity index is 582. The maximum Gasteiger partial charge on any atom is 0.200 e. The number of aryl methyl sites for hydroxylation is 2. The van der Waals surface area contributed by atoms with Crippen molar-refractivity contribution in [2.45, 2.75) is 32.7 Å². The van der Waals surface area contributed by atoms with E-state index in [-0.39, 0.29) is 0 Å². The second-order valence-corrected chi connectivity index (χ2v) is 5.40. The average molecular weight is 260 g/mol. The van der Waals surface area contributed by atoms with Crippen molar-refractivity contribution >= 4 is 11.3 Å². The Morgan fingerprint density at radius 1 is 1.21 bits per heavy atom. The molecule has 3 heterocycles. The first kappa shape index (κ1) is 12.3. The van der Waals surface area contributed by atoms with Crippen LogP contribution in [0.25, 0.3) is 5.65 Å². The molecule has 0 aromatic carbocycles. The molecule has 19 heavy (non-hydrogen) atoms. The largest absolute Gasteiger partial charge is 0.379 e. The van der Waals surface area contributed by atoms with Gasteiger partial charge in [-0.2, -0.15) is 9.61 Å². The van der Waals surface area contributed by atoms with E-state index < -0.39 is 0 Å². The SMILES string of the molecule is Cc1cc(NC2CCN(C)CC2)c2nnc(C)n2n1. The predicted molar refractivity (Wildman–Crippen MR) is 74.4 cm³/mol. The minimum atomic E-state index is 0.513. The van der Waals surface area contributed by atoms with Crippen LogP contribution in [-0.4, -0.2) is 50.9 Å². The molecule has 2 aromatic rings. The lowest BCUT2D eigenvalue weighted by Gasteiger charge is -2.30. The third-order valence-electron chi connectivity index (χ3n) is 3.73. The van der Waals surface area contributed by atoms with Gasteiger partial charge in [-0.3, -0.25) is 0 Å². The fraction of sp³-hybridized carbons (Fsp3) is 0.615. The van der Waals surface area contributed by atoms with Crippen LogP contribution in [0.1, 0.15) is 24.4 Å². The van der Waals surface area contributed by atoms with Crippen molar-refractivity contribution in [3.63, 3.8) is 0 Å². The van der Waals surface area contributed by atoms with Crippen LogP contribution in [0.3, 0.4) is 0 Å². The number of hydrogen-bond acceptors (Lipinski definition) is 5. The Morgan fingerprint density at radius 3 is 2.68 bits per heavy atom. The summed E-state index contributed by atoms with van der Waals surface area (Å²) in [6, 6.07) is 2.57. The molecule has 1 aliphatic heterocycles. The Morgan fingerprint density at radius 2 is 1.95 bits per heavy atom. The maximum absolute atomic E-state index is 4.44. The molecule has 1 aliphatic rings. The van der Waals surface area contributed by atoms with E-state index in [0.29, 0.717) is 6.04 Å². The van der Waals surface area contributed by atoms with Gasteiger partial charge in [-0.15, -0.1) is 10.2 Å². The number of nitrogens with one attached hydrogen (secondary N) is 1. The summed E-state index contributed by atoms with van der Waals surface area (Å²) in [7, 11) is 2.17. The second-order valence-electron chi connectivity index (χ2n) is 5.40. The van der Waals surface area contributed by atoms with Crippen molar-refractivity contribution in [3.05, 3.63) is 17.6 Å². The fourth-order valence-electron chi connectivity index (χ4n) is 2.58. The minimum Gasteiger partial charge on any atom is -0.379 e. The molecule has 3 rings (SSSR count). The molecule has 1 fully saturated rings. The summed E-state index contributed by atoms with van der Waals surface area (Å²) in [4.78, 5) is 2.37. The van der Waals surface area contributed by atoms with Gasteiger partial charge in [0, 0.05) is 6.04 Å². The van der Waals surface area contributed by atoms with Crippen molar-refractivity contribution in [2.24, 2.45) is 0 Å². The van der Waals surface area contributed by atoms with Gasteiger partial charge in [0.2, 0.25) is 5.65 Å². The Hall–Kier alpha value is -1.69. The van der Waals surface area contributed by atoms with Gasteiger partial charge >= 0.3 is 0 Å². The van der Waals surface area contributed by atoms with Crippen LogP contribution in [0.15, 0.2) is 6.07 Å². The monoisotopic (exact) mass is 260 g/mol. The number of rotatable bonds is 2. The number of likely N-dealkylation sites (tertiary alicyclic amines) is 1. The normalized spacial score (nSPS) is 18.1. The van der Waals surface area contributed by atoms with Crippen LogP contribution >= 0.6 is 0 Å². The summed E-state index contributed by atoms with van der Waals surface area (Å²) >= 11 is 0. The minimum absolute atomic E-state index is 0.513. The lowest BCUT2D eigenvalue weighted by atomic mass is 10.1. The third kappa shape index (κ3) is 2.40. The summed E-state index contributed by atoms with van der Waals surface area (Å²) in [5.41, 5.74) is 2.84. The van der Waals surface area contributed by atoms with Crippen LogP contribution in [0.2, 0.25) is 0 Å². The van der Waals surface area contributed by atoms with Gasteiger partial charge < -0.3 is 10.2 Å². The van der Waals surface area contributed by atoms with Crippen molar-refractivity contribution < 1.29 is 0 Å². The molecular formula is C13H20N6. The average Bonchev–Trinajstić information content (AvgIpc) is 2.74. The molecule has 1 N–H and O–H groups in total. The van der Waals surface area contributed by atoms with E-state index in [1.165, 1.54) is 0 Å². The Labute approximate surface area is 112 Å². The van der Waals surface area contributed by atoms with Crippen molar-refractivity contribution in [1.29, 1.82) is 0 Å². The molecule has 2 aromatic heterocycles. The van der Waals surface area contributed by atoms with Crippen LogP contribution < -0.4 is 5.32 Å². The van der Waals surface area contributed by atoms with E-state index in [9.17, 15) is 0 Å². The first-order chi connectivity index (χ1) is 9.13. The smallest absolute Gasteiger partial charge is 0.200 e. The van der Waals surface area contributed by atoms with Crippen molar-refractivity contribution in [2.75, 3.05) is 25.5 Å². The molecule has 6 nitrogen and oxygen atoms in total. The molecule has 1 saturated heterocycles. The van der Waals surface area contributed by atoms with E-state index in [1.807, 2.05) is 18.4 Å². The fourth-order valence-corrected chi connectivity index (χ4v) is 2.58. The van der Waals surface area contributed by atoms with E-state index in [0.717, 1.165) is 48.8 Å². The summed E-state index contributed by atoms with van der Waals surface area (Å²) in [5.74, 6) is 0.824. The van der Waals surface area contributed by atoms with E-state index in [4.69, 9.17) is 0 Å². The van der Waals surface area contributed by atoms with Crippen molar-refractivity contribution in [3.8, 4) is 0 Å². The molecule has 0 saturated carbocycles. The molecule has 102 valence electrons. The van der Waals surface area contributed by atoms with Crippen LogP contribution in [0.5, 0.6) is 0 Å². The van der Waals surface area contributed by atoms with Gasteiger partial charge in [-0.05, 0) is 52.9 Å². The number of aromatic nitrogens is 4. The number of piperidine rings is 1. The lowest BCUT2D eigenvalue weighted by Crippen LogP contribution is -2.36. The first-order valence-electron chi connectivity index (χ1n) is 6.78. The first-order valence-corrected chi connectivity index (χ1v) is 6.78. The van der Waals surface area contributed by atoms with Crippen molar-refractivity contribution in [1.82, 2.24) is 24.7 Å². The van der Waals surface area contributed by atoms with Gasteiger partial charge in [-0.25, -0.2) is 0 Å². The lowest BCUT2D eigenvalue weighted by molar-refractivity contribution is 0.264. The Balaban J connectivity index is 1.88. The highest BCUT2D eigenvalue weighted by Gasteiger charge is 2.18. The van der Waals surface area contributed by atoms with Gasteiger partial charge in [0.1, 0.15) is 0 Å². The van der Waals surface area contributed by atoms with E-state index >= 15 is 0 Å². The molecule has 0 spiro atoms. The third-order valence-corrected chi connectivity index (χ3v) is 3.73. The number of anilines is 1. The standard InChI is InChI=1S/C13H20N6/c1-9-8-12(13-16-15-10(2)19(13)17-9)14-11-4-6-18(3)7-5-11/h8,11,14H,4-7H2,1-3H3. The quantitative estimate of drug-likeness (QED) is 0.880. The molecule has 0 unspecified atom stereocenters. The van der Waals surface area contributed by atoms with Gasteiger partial charge in [0.15, 0.2) is 5.82 Å². The van der Waals surface area contributed by atoms with Gasteiger partial charge in [0.05, 0.1) is 11.4 Å². The molecule has 0 bridgehead atoms. The summed E-state index contributed by atoms with van der Waals surface area (Å²) in [6.07, 6.45) is 2.33. The van der Waals surface area contributed by atoms with E-state index in [2.05, 4.69) is 38.6 Å².